The first-order valence-electron chi connectivity index (χ1n) is 2.38. The highest BCUT2D eigenvalue weighted by atomic mass is 19.1. The molecule has 0 saturated heterocycles. The van der Waals surface area contributed by atoms with Crippen molar-refractivity contribution in [3.8, 4) is 0 Å². The van der Waals surface area contributed by atoms with Crippen LogP contribution < -0.4 is 0 Å². The van der Waals surface area contributed by atoms with Gasteiger partial charge in [-0.2, -0.15) is 9.49 Å². The highest BCUT2D eigenvalue weighted by molar-refractivity contribution is 5.73. The summed E-state index contributed by atoms with van der Waals surface area (Å²) < 4.78 is 13.4. The second kappa shape index (κ2) is 1.97. The molecular weight excluding hydrogens is 123 g/mol. The molecule has 0 radical (unpaired) electrons. The minimum Gasteiger partial charge on any atom is -0.298 e. The van der Waals surface area contributed by atoms with E-state index in [0.29, 0.717) is 6.29 Å². The van der Waals surface area contributed by atoms with Crippen LogP contribution in [0.25, 0.3) is 0 Å². The summed E-state index contributed by atoms with van der Waals surface area (Å²) >= 11 is 0. The Labute approximate surface area is 51.1 Å². The molecule has 3 nitrogen and oxygen atoms in total. The molecule has 0 N–H and O–H groups in total. The molecule has 1 aromatic heterocycles. The van der Waals surface area contributed by atoms with Crippen molar-refractivity contribution in [3.05, 3.63) is 17.7 Å². The summed E-state index contributed by atoms with van der Waals surface area (Å²) in [7, 11) is 1.43. The normalized spacial score (nSPS) is 9.56. The van der Waals surface area contributed by atoms with Crippen LogP contribution in [-0.4, -0.2) is 16.1 Å². The van der Waals surface area contributed by atoms with Gasteiger partial charge >= 0.3 is 0 Å². The smallest absolute Gasteiger partial charge is 0.221 e. The van der Waals surface area contributed by atoms with Gasteiger partial charge < -0.3 is 0 Å². The molecule has 1 rings (SSSR count). The van der Waals surface area contributed by atoms with E-state index in [-0.39, 0.29) is 5.56 Å². The Morgan fingerprint density at radius 3 is 2.78 bits per heavy atom. The van der Waals surface area contributed by atoms with E-state index in [9.17, 15) is 9.18 Å². The molecule has 1 heterocycles. The monoisotopic (exact) mass is 128 g/mol. The molecule has 0 atom stereocenters. The van der Waals surface area contributed by atoms with Crippen LogP contribution in [0.5, 0.6) is 0 Å². The standard InChI is InChI=1S/C5H5FN2O/c1-8-5(6)4(3-9)2-7-8/h2-3H,1H3. The lowest BCUT2D eigenvalue weighted by atomic mass is 10.4. The molecule has 0 bridgehead atoms. The van der Waals surface area contributed by atoms with Gasteiger partial charge in [-0.05, 0) is 0 Å². The van der Waals surface area contributed by atoms with Gasteiger partial charge in [-0.3, -0.25) is 4.79 Å². The quantitative estimate of drug-likeness (QED) is 0.512. The Balaban J connectivity index is 3.18. The average molecular weight is 128 g/mol. The molecule has 1 aromatic rings. The number of halogens is 1. The first-order chi connectivity index (χ1) is 4.25. The van der Waals surface area contributed by atoms with Crippen molar-refractivity contribution >= 4 is 6.29 Å². The minimum absolute atomic E-state index is 0.00231. The SMILES string of the molecule is Cn1ncc(C=O)c1F. The van der Waals surface area contributed by atoms with Crippen LogP contribution in [0.1, 0.15) is 10.4 Å². The van der Waals surface area contributed by atoms with Crippen molar-refractivity contribution in [2.45, 2.75) is 0 Å². The zero-order chi connectivity index (χ0) is 6.85. The first-order valence-corrected chi connectivity index (χ1v) is 2.38. The Bertz CT molecular complexity index is 231. The van der Waals surface area contributed by atoms with E-state index >= 15 is 0 Å². The molecule has 0 aliphatic rings. The maximum Gasteiger partial charge on any atom is 0.221 e. The number of carbonyl (C=O) groups excluding carboxylic acids is 1. The lowest BCUT2D eigenvalue weighted by Gasteiger charge is -1.85. The molecule has 9 heavy (non-hydrogen) atoms. The van der Waals surface area contributed by atoms with E-state index in [4.69, 9.17) is 0 Å². The van der Waals surface area contributed by atoms with Crippen LogP contribution in [0, 0.1) is 5.95 Å². The Morgan fingerprint density at radius 2 is 2.56 bits per heavy atom. The summed E-state index contributed by atoms with van der Waals surface area (Å²) in [6, 6.07) is 0. The fraction of sp³-hybridized carbons (Fsp3) is 0.200. The minimum atomic E-state index is -0.593. The Morgan fingerprint density at radius 1 is 1.89 bits per heavy atom. The lowest BCUT2D eigenvalue weighted by molar-refractivity contribution is 0.111. The van der Waals surface area contributed by atoms with Gasteiger partial charge in [-0.25, -0.2) is 4.68 Å². The zero-order valence-corrected chi connectivity index (χ0v) is 4.84. The summed E-state index contributed by atoms with van der Waals surface area (Å²) in [4.78, 5) is 9.95. The molecule has 0 spiro atoms. The Hall–Kier alpha value is -1.19. The molecule has 0 fully saturated rings. The summed E-state index contributed by atoms with van der Waals surface area (Å²) in [5.41, 5.74) is -0.00231. The largest absolute Gasteiger partial charge is 0.298 e. The second-order valence-electron chi connectivity index (χ2n) is 1.63. The van der Waals surface area contributed by atoms with Crippen LogP contribution in [0.4, 0.5) is 4.39 Å². The first kappa shape index (κ1) is 5.94. The van der Waals surface area contributed by atoms with Gasteiger partial charge in [0.15, 0.2) is 6.29 Å². The fourth-order valence-corrected chi connectivity index (χ4v) is 0.519. The molecule has 0 aromatic carbocycles. The number of nitrogens with zero attached hydrogens (tertiary/aromatic N) is 2. The van der Waals surface area contributed by atoms with E-state index in [1.165, 1.54) is 13.2 Å². The third kappa shape index (κ3) is 0.826. The molecule has 0 amide bonds. The Kier molecular flexibility index (Phi) is 1.30. The van der Waals surface area contributed by atoms with Crippen molar-refractivity contribution in [3.63, 3.8) is 0 Å². The predicted molar refractivity (Wildman–Crippen MR) is 28.6 cm³/mol. The van der Waals surface area contributed by atoms with Crippen LogP contribution in [-0.2, 0) is 7.05 Å². The van der Waals surface area contributed by atoms with Gasteiger partial charge in [-0.15, -0.1) is 0 Å². The van der Waals surface area contributed by atoms with Crippen molar-refractivity contribution in [2.24, 2.45) is 7.05 Å². The number of carbonyl (C=O) groups is 1. The molecule has 0 saturated carbocycles. The molecule has 0 aliphatic heterocycles. The van der Waals surface area contributed by atoms with Gasteiger partial charge in [0.05, 0.1) is 11.8 Å². The molecule has 0 aliphatic carbocycles. The van der Waals surface area contributed by atoms with Crippen LogP contribution in [0.3, 0.4) is 0 Å². The van der Waals surface area contributed by atoms with E-state index in [1.54, 1.807) is 0 Å². The molecular formula is C5H5FN2O. The summed E-state index contributed by atoms with van der Waals surface area (Å²) in [5.74, 6) is -0.593. The van der Waals surface area contributed by atoms with Gasteiger partial charge in [0.25, 0.3) is 0 Å². The van der Waals surface area contributed by atoms with E-state index < -0.39 is 5.95 Å². The van der Waals surface area contributed by atoms with Crippen molar-refractivity contribution in [1.29, 1.82) is 0 Å². The third-order valence-corrected chi connectivity index (χ3v) is 1.02. The van der Waals surface area contributed by atoms with Crippen molar-refractivity contribution in [1.82, 2.24) is 9.78 Å². The third-order valence-electron chi connectivity index (χ3n) is 1.02. The van der Waals surface area contributed by atoms with E-state index in [2.05, 4.69) is 5.10 Å². The number of aromatic nitrogens is 2. The van der Waals surface area contributed by atoms with Crippen LogP contribution >= 0.6 is 0 Å². The summed E-state index contributed by atoms with van der Waals surface area (Å²) in [6.07, 6.45) is 1.62. The molecule has 48 valence electrons. The number of aldehydes is 1. The van der Waals surface area contributed by atoms with Gasteiger partial charge in [0, 0.05) is 7.05 Å². The van der Waals surface area contributed by atoms with Crippen LogP contribution in [0.15, 0.2) is 6.20 Å². The van der Waals surface area contributed by atoms with Crippen molar-refractivity contribution < 1.29 is 9.18 Å². The topological polar surface area (TPSA) is 34.9 Å². The maximum atomic E-state index is 12.4. The van der Waals surface area contributed by atoms with Gasteiger partial charge in [0.1, 0.15) is 0 Å². The number of hydrogen-bond donors (Lipinski definition) is 0. The second-order valence-corrected chi connectivity index (χ2v) is 1.63. The summed E-state index contributed by atoms with van der Waals surface area (Å²) in [5, 5.41) is 3.50. The molecule has 4 heteroatoms. The average Bonchev–Trinajstić information content (AvgIpc) is 2.15. The molecule has 0 unspecified atom stereocenters. The lowest BCUT2D eigenvalue weighted by Crippen LogP contribution is -1.94. The number of hydrogen-bond acceptors (Lipinski definition) is 2. The predicted octanol–water partition coefficient (Wildman–Crippen LogP) is 0.372. The maximum absolute atomic E-state index is 12.4. The van der Waals surface area contributed by atoms with Gasteiger partial charge in [-0.1, -0.05) is 0 Å². The highest BCUT2D eigenvalue weighted by Crippen LogP contribution is 1.99. The van der Waals surface area contributed by atoms with E-state index in [0.717, 1.165) is 4.68 Å². The van der Waals surface area contributed by atoms with Crippen molar-refractivity contribution in [2.75, 3.05) is 0 Å². The van der Waals surface area contributed by atoms with E-state index in [1.807, 2.05) is 0 Å². The van der Waals surface area contributed by atoms with Crippen LogP contribution in [0.2, 0.25) is 0 Å². The zero-order valence-electron chi connectivity index (χ0n) is 4.84. The highest BCUT2D eigenvalue weighted by Gasteiger charge is 2.03. The number of aryl methyl sites for hydroxylation is 1. The van der Waals surface area contributed by atoms with Gasteiger partial charge in [0.2, 0.25) is 5.95 Å². The number of rotatable bonds is 1. The fourth-order valence-electron chi connectivity index (χ4n) is 0.519. The summed E-state index contributed by atoms with van der Waals surface area (Å²) in [6.45, 7) is 0.